The molecule has 170 valence electrons. The number of carbonyl (C=O) groups is 2. The Labute approximate surface area is 189 Å². The molecular formula is C25H24FN3O4. The molecule has 0 radical (unpaired) electrons. The third kappa shape index (κ3) is 3.46. The van der Waals surface area contributed by atoms with Gasteiger partial charge in [0.05, 0.1) is 36.6 Å². The summed E-state index contributed by atoms with van der Waals surface area (Å²) in [5.74, 6) is 0.395. The van der Waals surface area contributed by atoms with Gasteiger partial charge in [-0.1, -0.05) is 0 Å². The molecule has 0 amide bonds. The molecule has 1 fully saturated rings. The molecule has 4 aromatic rings. The lowest BCUT2D eigenvalue weighted by Gasteiger charge is -2.11. The van der Waals surface area contributed by atoms with Crippen molar-refractivity contribution in [3.63, 3.8) is 0 Å². The highest BCUT2D eigenvalue weighted by Crippen LogP contribution is 2.38. The second kappa shape index (κ2) is 7.72. The molecular weight excluding hydrogens is 425 g/mol. The van der Waals surface area contributed by atoms with Crippen LogP contribution in [-0.2, 0) is 18.3 Å². The zero-order valence-corrected chi connectivity index (χ0v) is 18.9. The summed E-state index contributed by atoms with van der Waals surface area (Å²) in [4.78, 5) is 28.9. The highest BCUT2D eigenvalue weighted by atomic mass is 19.1. The third-order valence-electron chi connectivity index (χ3n) is 6.31. The fourth-order valence-corrected chi connectivity index (χ4v) is 4.42. The Morgan fingerprint density at radius 2 is 1.91 bits per heavy atom. The number of nitrogens with zero attached hydrogens (tertiary/aromatic N) is 3. The van der Waals surface area contributed by atoms with Gasteiger partial charge in [0, 0.05) is 24.5 Å². The maximum atomic E-state index is 14.6. The summed E-state index contributed by atoms with van der Waals surface area (Å²) in [7, 11) is 4.75. The normalized spacial score (nSPS) is 13.6. The largest absolute Gasteiger partial charge is 0.494 e. The number of fused-ring (bicyclic) bond motifs is 2. The summed E-state index contributed by atoms with van der Waals surface area (Å²) < 4.78 is 29.0. The fourth-order valence-electron chi connectivity index (χ4n) is 4.42. The second-order valence-electron chi connectivity index (χ2n) is 8.56. The average Bonchev–Trinajstić information content (AvgIpc) is 3.47. The average molecular weight is 449 g/mol. The van der Waals surface area contributed by atoms with Crippen molar-refractivity contribution in [1.29, 1.82) is 0 Å². The first-order valence-electron chi connectivity index (χ1n) is 10.8. The molecule has 1 aliphatic rings. The van der Waals surface area contributed by atoms with Crippen molar-refractivity contribution in [3.8, 4) is 17.3 Å². The van der Waals surface area contributed by atoms with Gasteiger partial charge >= 0.3 is 5.97 Å². The second-order valence-corrected chi connectivity index (χ2v) is 8.56. The molecule has 0 atom stereocenters. The number of hydrogen-bond donors (Lipinski definition) is 0. The number of methoxy groups -OCH3 is 2. The molecule has 33 heavy (non-hydrogen) atoms. The van der Waals surface area contributed by atoms with Crippen molar-refractivity contribution < 1.29 is 23.5 Å². The summed E-state index contributed by atoms with van der Waals surface area (Å²) >= 11 is 0. The van der Waals surface area contributed by atoms with Gasteiger partial charge in [-0.2, -0.15) is 0 Å². The molecule has 5 rings (SSSR count). The van der Waals surface area contributed by atoms with Crippen LogP contribution >= 0.6 is 0 Å². The number of halogens is 1. The van der Waals surface area contributed by atoms with Crippen LogP contribution in [0.15, 0.2) is 30.3 Å². The van der Waals surface area contributed by atoms with Gasteiger partial charge in [-0.05, 0) is 56.0 Å². The van der Waals surface area contributed by atoms with Crippen LogP contribution in [0.1, 0.15) is 40.5 Å². The Morgan fingerprint density at radius 1 is 1.15 bits per heavy atom. The first-order valence-corrected chi connectivity index (χ1v) is 10.8. The Balaban J connectivity index is 1.77. The summed E-state index contributed by atoms with van der Waals surface area (Å²) in [6.45, 7) is 2.13. The number of rotatable bonds is 6. The highest BCUT2D eigenvalue weighted by Gasteiger charge is 2.27. The number of carbonyl (C=O) groups excluding carboxylic acids is 2. The minimum atomic E-state index is -0.528. The van der Waals surface area contributed by atoms with Gasteiger partial charge in [0.1, 0.15) is 17.1 Å². The molecule has 0 aliphatic heterocycles. The van der Waals surface area contributed by atoms with Crippen molar-refractivity contribution in [2.24, 2.45) is 13.0 Å². The molecule has 0 unspecified atom stereocenters. The van der Waals surface area contributed by atoms with Crippen molar-refractivity contribution in [1.82, 2.24) is 14.1 Å². The molecule has 2 heterocycles. The van der Waals surface area contributed by atoms with Crippen LogP contribution in [-0.4, -0.2) is 40.1 Å². The van der Waals surface area contributed by atoms with Crippen molar-refractivity contribution in [2.75, 3.05) is 14.2 Å². The van der Waals surface area contributed by atoms with E-state index in [1.807, 2.05) is 17.7 Å². The van der Waals surface area contributed by atoms with E-state index in [2.05, 4.69) is 4.57 Å². The van der Waals surface area contributed by atoms with Crippen molar-refractivity contribution in [2.45, 2.75) is 26.3 Å². The number of aromatic nitrogens is 3. The monoisotopic (exact) mass is 449 g/mol. The topological polar surface area (TPSA) is 75.4 Å². The van der Waals surface area contributed by atoms with E-state index in [0.29, 0.717) is 34.0 Å². The maximum Gasteiger partial charge on any atom is 0.338 e. The van der Waals surface area contributed by atoms with Gasteiger partial charge < -0.3 is 18.6 Å². The Bertz CT molecular complexity index is 1450. The Morgan fingerprint density at radius 3 is 2.55 bits per heavy atom. The van der Waals surface area contributed by atoms with E-state index >= 15 is 0 Å². The number of aryl methyl sites for hydroxylation is 1. The molecule has 0 saturated heterocycles. The predicted octanol–water partition coefficient (Wildman–Crippen LogP) is 4.74. The Hall–Kier alpha value is -3.68. The lowest BCUT2D eigenvalue weighted by molar-refractivity contribution is 0.0600. The number of ether oxygens (including phenoxy) is 2. The smallest absolute Gasteiger partial charge is 0.338 e. The van der Waals surface area contributed by atoms with Crippen LogP contribution < -0.4 is 4.74 Å². The molecule has 2 aromatic carbocycles. The van der Waals surface area contributed by atoms with Gasteiger partial charge in [-0.25, -0.2) is 14.2 Å². The van der Waals surface area contributed by atoms with E-state index in [4.69, 9.17) is 14.5 Å². The molecule has 1 saturated carbocycles. The first-order chi connectivity index (χ1) is 15.8. The Kier molecular flexibility index (Phi) is 4.96. The number of hydrogen-bond acceptors (Lipinski definition) is 5. The minimum absolute atomic E-state index is 0.0820. The summed E-state index contributed by atoms with van der Waals surface area (Å²) in [5.41, 5.74) is 3.37. The number of imidazole rings is 1. The lowest BCUT2D eigenvalue weighted by atomic mass is 10.1. The van der Waals surface area contributed by atoms with Crippen LogP contribution in [0.5, 0.6) is 5.75 Å². The molecule has 2 aromatic heterocycles. The van der Waals surface area contributed by atoms with Crippen LogP contribution in [0.4, 0.5) is 4.39 Å². The predicted molar refractivity (Wildman–Crippen MR) is 122 cm³/mol. The van der Waals surface area contributed by atoms with Gasteiger partial charge in [0.2, 0.25) is 0 Å². The van der Waals surface area contributed by atoms with E-state index in [9.17, 15) is 14.0 Å². The number of ketones is 1. The number of Topliss-reactive ketones (excluding diaryl/α,β-unsaturated/α-hetero) is 1. The molecule has 8 heteroatoms. The fraction of sp³-hybridized carbons (Fsp3) is 0.320. The summed E-state index contributed by atoms with van der Waals surface area (Å²) in [5, 5.41) is 0.711. The van der Waals surface area contributed by atoms with Crippen molar-refractivity contribution in [3.05, 3.63) is 47.3 Å². The SMILES string of the molecule is COC(=O)c1cc(OC)c2c(c1)nc(-c1cc3cc(F)c(C(C)=O)cc3n1CC1CC1)n2C. The van der Waals surface area contributed by atoms with Crippen LogP contribution in [0, 0.1) is 11.7 Å². The maximum absolute atomic E-state index is 14.6. The zero-order valence-electron chi connectivity index (χ0n) is 18.9. The summed E-state index contributed by atoms with van der Waals surface area (Å²) in [6, 6.07) is 8.26. The molecule has 7 nitrogen and oxygen atoms in total. The molecule has 1 aliphatic carbocycles. The third-order valence-corrected chi connectivity index (χ3v) is 6.31. The van der Waals surface area contributed by atoms with Crippen LogP contribution in [0.25, 0.3) is 33.5 Å². The van der Waals surface area contributed by atoms with Crippen LogP contribution in [0.3, 0.4) is 0 Å². The van der Waals surface area contributed by atoms with Crippen molar-refractivity contribution >= 4 is 33.7 Å². The number of esters is 1. The van der Waals surface area contributed by atoms with Gasteiger partial charge in [0.25, 0.3) is 0 Å². The van der Waals surface area contributed by atoms with E-state index in [1.54, 1.807) is 25.3 Å². The minimum Gasteiger partial charge on any atom is -0.494 e. The van der Waals surface area contributed by atoms with Gasteiger partial charge in [-0.15, -0.1) is 0 Å². The lowest BCUT2D eigenvalue weighted by Crippen LogP contribution is -2.06. The molecule has 0 bridgehead atoms. The van der Waals surface area contributed by atoms with E-state index < -0.39 is 11.8 Å². The van der Waals surface area contributed by atoms with E-state index in [1.165, 1.54) is 20.1 Å². The highest BCUT2D eigenvalue weighted by molar-refractivity contribution is 6.00. The standard InChI is InChI=1S/C25H24FN3O4/c1-13(30)17-11-20-15(7-18(17)26)9-21(29(20)12-14-5-6-14)24-27-19-8-16(25(31)33-4)10-22(32-3)23(19)28(24)2/h7-11,14H,5-6,12H2,1-4H3. The quantitative estimate of drug-likeness (QED) is 0.314. The van der Waals surface area contributed by atoms with Gasteiger partial charge in [0.15, 0.2) is 11.6 Å². The first kappa shape index (κ1) is 21.2. The van der Waals surface area contributed by atoms with Crippen LogP contribution in [0.2, 0.25) is 0 Å². The number of benzene rings is 2. The van der Waals surface area contributed by atoms with Gasteiger partial charge in [-0.3, -0.25) is 4.79 Å². The zero-order chi connectivity index (χ0) is 23.4. The summed E-state index contributed by atoms with van der Waals surface area (Å²) in [6.07, 6.45) is 2.28. The van der Waals surface area contributed by atoms with E-state index in [0.717, 1.165) is 36.1 Å². The molecule has 0 spiro atoms. The molecule has 0 N–H and O–H groups in total. The van der Waals surface area contributed by atoms with E-state index in [-0.39, 0.29) is 11.3 Å².